The minimum Gasteiger partial charge on any atom is -0.497 e. The topological polar surface area (TPSA) is 73.3 Å². The van der Waals surface area contributed by atoms with Crippen LogP contribution in [0, 0.1) is 6.92 Å². The average Bonchev–Trinajstić information content (AvgIpc) is 3.14. The SMILES string of the molecule is COc1cc(OC)cc(C(=O)Nc2nnc(SCc3ccccc3C)s2)c1. The number of hydrogen-bond acceptors (Lipinski definition) is 7. The number of methoxy groups -OCH3 is 2. The third-order valence-corrected chi connectivity index (χ3v) is 5.87. The molecule has 0 atom stereocenters. The quantitative estimate of drug-likeness (QED) is 0.467. The zero-order valence-electron chi connectivity index (χ0n) is 15.2. The molecular formula is C19H19N3O3S2. The molecule has 0 saturated heterocycles. The molecule has 140 valence electrons. The minimum atomic E-state index is -0.293. The number of thioether (sulfide) groups is 1. The van der Waals surface area contributed by atoms with Gasteiger partial charge in [-0.1, -0.05) is 47.4 Å². The van der Waals surface area contributed by atoms with Gasteiger partial charge in [-0.25, -0.2) is 0 Å². The highest BCUT2D eigenvalue weighted by Gasteiger charge is 2.13. The van der Waals surface area contributed by atoms with Crippen LogP contribution in [0.25, 0.3) is 0 Å². The number of hydrogen-bond donors (Lipinski definition) is 1. The molecule has 0 aliphatic carbocycles. The van der Waals surface area contributed by atoms with Crippen molar-refractivity contribution >= 4 is 34.1 Å². The zero-order chi connectivity index (χ0) is 19.2. The molecule has 0 aliphatic heterocycles. The van der Waals surface area contributed by atoms with E-state index >= 15 is 0 Å². The highest BCUT2D eigenvalue weighted by Crippen LogP contribution is 2.30. The van der Waals surface area contributed by atoms with Crippen LogP contribution in [-0.2, 0) is 5.75 Å². The summed E-state index contributed by atoms with van der Waals surface area (Å²) in [6, 6.07) is 13.2. The number of carbonyl (C=O) groups excluding carboxylic acids is 1. The van der Waals surface area contributed by atoms with Crippen molar-refractivity contribution in [1.82, 2.24) is 10.2 Å². The van der Waals surface area contributed by atoms with Crippen LogP contribution in [0.2, 0.25) is 0 Å². The Morgan fingerprint density at radius 2 is 1.81 bits per heavy atom. The van der Waals surface area contributed by atoms with Crippen LogP contribution in [-0.4, -0.2) is 30.3 Å². The summed E-state index contributed by atoms with van der Waals surface area (Å²) in [5.74, 6) is 1.61. The monoisotopic (exact) mass is 401 g/mol. The van der Waals surface area contributed by atoms with Crippen molar-refractivity contribution in [3.05, 3.63) is 59.2 Å². The molecule has 6 nitrogen and oxygen atoms in total. The number of rotatable bonds is 7. The largest absolute Gasteiger partial charge is 0.497 e. The molecule has 1 amide bonds. The van der Waals surface area contributed by atoms with E-state index in [0.717, 1.165) is 10.1 Å². The molecule has 1 aromatic heterocycles. The maximum atomic E-state index is 12.5. The highest BCUT2D eigenvalue weighted by atomic mass is 32.2. The average molecular weight is 402 g/mol. The van der Waals surface area contributed by atoms with E-state index in [1.54, 1.807) is 44.2 Å². The van der Waals surface area contributed by atoms with Gasteiger partial charge in [-0.15, -0.1) is 10.2 Å². The minimum absolute atomic E-state index is 0.293. The molecule has 1 heterocycles. The zero-order valence-corrected chi connectivity index (χ0v) is 16.8. The molecule has 8 heteroatoms. The van der Waals surface area contributed by atoms with Gasteiger partial charge in [-0.05, 0) is 30.2 Å². The highest BCUT2D eigenvalue weighted by molar-refractivity contribution is 8.00. The van der Waals surface area contributed by atoms with Gasteiger partial charge < -0.3 is 9.47 Å². The first kappa shape index (κ1) is 19.2. The Kier molecular flexibility index (Phi) is 6.31. The summed E-state index contributed by atoms with van der Waals surface area (Å²) in [5.41, 5.74) is 2.93. The van der Waals surface area contributed by atoms with Gasteiger partial charge in [0.15, 0.2) is 4.34 Å². The summed E-state index contributed by atoms with van der Waals surface area (Å²) in [4.78, 5) is 12.5. The number of amides is 1. The summed E-state index contributed by atoms with van der Waals surface area (Å²) >= 11 is 2.94. The number of anilines is 1. The van der Waals surface area contributed by atoms with Crippen LogP contribution < -0.4 is 14.8 Å². The molecular weight excluding hydrogens is 382 g/mol. The van der Waals surface area contributed by atoms with Crippen molar-refractivity contribution < 1.29 is 14.3 Å². The van der Waals surface area contributed by atoms with Crippen molar-refractivity contribution in [3.8, 4) is 11.5 Å². The number of aromatic nitrogens is 2. The molecule has 0 saturated carbocycles. The van der Waals surface area contributed by atoms with Crippen molar-refractivity contribution in [3.63, 3.8) is 0 Å². The lowest BCUT2D eigenvalue weighted by atomic mass is 10.1. The third kappa shape index (κ3) is 4.99. The first-order valence-electron chi connectivity index (χ1n) is 8.14. The Bertz CT molecular complexity index is 921. The van der Waals surface area contributed by atoms with Crippen LogP contribution in [0.5, 0.6) is 11.5 Å². The predicted octanol–water partition coefficient (Wildman–Crippen LogP) is 4.41. The number of benzene rings is 2. The molecule has 27 heavy (non-hydrogen) atoms. The third-order valence-electron chi connectivity index (χ3n) is 3.85. The van der Waals surface area contributed by atoms with Crippen LogP contribution in [0.4, 0.5) is 5.13 Å². The molecule has 0 spiro atoms. The van der Waals surface area contributed by atoms with Gasteiger partial charge in [0, 0.05) is 17.4 Å². The summed E-state index contributed by atoms with van der Waals surface area (Å²) in [7, 11) is 3.08. The lowest BCUT2D eigenvalue weighted by molar-refractivity contribution is 0.102. The van der Waals surface area contributed by atoms with E-state index in [2.05, 4.69) is 34.6 Å². The first-order chi connectivity index (χ1) is 13.1. The Labute approximate surface area is 165 Å². The van der Waals surface area contributed by atoms with Crippen LogP contribution in [0.15, 0.2) is 46.8 Å². The number of carbonyl (C=O) groups is 1. The smallest absolute Gasteiger partial charge is 0.257 e. The van der Waals surface area contributed by atoms with Crippen LogP contribution in [0.1, 0.15) is 21.5 Å². The summed E-state index contributed by atoms with van der Waals surface area (Å²) < 4.78 is 11.2. The van der Waals surface area contributed by atoms with Gasteiger partial charge in [-0.2, -0.15) is 0 Å². The van der Waals surface area contributed by atoms with Crippen molar-refractivity contribution in [1.29, 1.82) is 0 Å². The Hall–Kier alpha value is -2.58. The second-order valence-corrected chi connectivity index (χ2v) is 7.84. The van der Waals surface area contributed by atoms with Gasteiger partial charge in [0.1, 0.15) is 11.5 Å². The number of aryl methyl sites for hydroxylation is 1. The fourth-order valence-electron chi connectivity index (χ4n) is 2.34. The first-order valence-corrected chi connectivity index (χ1v) is 9.94. The molecule has 1 N–H and O–H groups in total. The number of nitrogens with one attached hydrogen (secondary N) is 1. The summed E-state index contributed by atoms with van der Waals surface area (Å²) in [6.07, 6.45) is 0. The van der Waals surface area contributed by atoms with Gasteiger partial charge in [0.2, 0.25) is 5.13 Å². The van der Waals surface area contributed by atoms with E-state index in [1.165, 1.54) is 22.5 Å². The van der Waals surface area contributed by atoms with E-state index in [4.69, 9.17) is 9.47 Å². The number of nitrogens with zero attached hydrogens (tertiary/aromatic N) is 2. The van der Waals surface area contributed by atoms with E-state index < -0.39 is 0 Å². The molecule has 0 aliphatic rings. The molecule has 3 aromatic rings. The van der Waals surface area contributed by atoms with Gasteiger partial charge >= 0.3 is 0 Å². The molecule has 3 rings (SSSR count). The second-order valence-electron chi connectivity index (χ2n) is 5.64. The van der Waals surface area contributed by atoms with E-state index in [-0.39, 0.29) is 5.91 Å². The fourth-order valence-corrected chi connectivity index (χ4v) is 4.16. The van der Waals surface area contributed by atoms with Crippen LogP contribution >= 0.6 is 23.1 Å². The van der Waals surface area contributed by atoms with Crippen LogP contribution in [0.3, 0.4) is 0 Å². The maximum Gasteiger partial charge on any atom is 0.257 e. The Balaban J connectivity index is 1.65. The van der Waals surface area contributed by atoms with E-state index in [1.807, 2.05) is 12.1 Å². The van der Waals surface area contributed by atoms with Gasteiger partial charge in [0.05, 0.1) is 14.2 Å². The fraction of sp³-hybridized carbons (Fsp3) is 0.211. The molecule has 0 fully saturated rings. The lowest BCUT2D eigenvalue weighted by Crippen LogP contribution is -2.12. The summed E-state index contributed by atoms with van der Waals surface area (Å²) in [6.45, 7) is 2.09. The molecule has 0 radical (unpaired) electrons. The predicted molar refractivity (Wildman–Crippen MR) is 108 cm³/mol. The van der Waals surface area contributed by atoms with Gasteiger partial charge in [-0.3, -0.25) is 10.1 Å². The van der Waals surface area contributed by atoms with E-state index in [0.29, 0.717) is 22.2 Å². The molecule has 0 bridgehead atoms. The Morgan fingerprint density at radius 3 is 2.48 bits per heavy atom. The maximum absolute atomic E-state index is 12.5. The standard InChI is InChI=1S/C19H19N3O3S2/c1-12-6-4-5-7-13(12)11-26-19-22-21-18(27-19)20-17(23)14-8-15(24-2)10-16(9-14)25-3/h4-10H,11H2,1-3H3,(H,20,21,23). The second kappa shape index (κ2) is 8.88. The van der Waals surface area contributed by atoms with Crippen molar-refractivity contribution in [2.75, 3.05) is 19.5 Å². The summed E-state index contributed by atoms with van der Waals surface area (Å²) in [5, 5.41) is 11.4. The lowest BCUT2D eigenvalue weighted by Gasteiger charge is -2.07. The van der Waals surface area contributed by atoms with Gasteiger partial charge in [0.25, 0.3) is 5.91 Å². The Morgan fingerprint density at radius 1 is 1.11 bits per heavy atom. The van der Waals surface area contributed by atoms with Crippen molar-refractivity contribution in [2.24, 2.45) is 0 Å². The molecule has 2 aromatic carbocycles. The van der Waals surface area contributed by atoms with E-state index in [9.17, 15) is 4.79 Å². The van der Waals surface area contributed by atoms with Crippen molar-refractivity contribution in [2.45, 2.75) is 17.0 Å². The normalized spacial score (nSPS) is 10.5. The number of ether oxygens (including phenoxy) is 2. The molecule has 0 unspecified atom stereocenters.